The van der Waals surface area contributed by atoms with Crippen LogP contribution in [0.5, 0.6) is 0 Å². The Morgan fingerprint density at radius 1 is 1.50 bits per heavy atom. The molecule has 1 N–H and O–H groups in total. The molecule has 0 saturated carbocycles. The zero-order valence-corrected chi connectivity index (χ0v) is 11.4. The zero-order chi connectivity index (χ0) is 13.9. The molecule has 1 aliphatic rings. The van der Waals surface area contributed by atoms with E-state index in [4.69, 9.17) is 4.52 Å². The van der Waals surface area contributed by atoms with Crippen molar-refractivity contribution in [3.63, 3.8) is 0 Å². The maximum atomic E-state index is 12.2. The van der Waals surface area contributed by atoms with Crippen LogP contribution in [0, 0.1) is 5.92 Å². The molecule has 0 aliphatic heterocycles. The first-order valence-electron chi connectivity index (χ1n) is 6.89. The number of nitrogens with one attached hydrogen (secondary N) is 1. The molecule has 5 nitrogen and oxygen atoms in total. The molecule has 1 amide bonds. The largest absolute Gasteiger partial charge is 0.360 e. The summed E-state index contributed by atoms with van der Waals surface area (Å²) in [6, 6.07) is 5.62. The fourth-order valence-electron chi connectivity index (χ4n) is 2.51. The lowest BCUT2D eigenvalue weighted by atomic mass is 9.88. The van der Waals surface area contributed by atoms with E-state index in [9.17, 15) is 4.79 Å². The van der Waals surface area contributed by atoms with Crippen molar-refractivity contribution in [2.24, 2.45) is 5.92 Å². The van der Waals surface area contributed by atoms with Gasteiger partial charge in [0.1, 0.15) is 5.76 Å². The molecule has 2 heterocycles. The van der Waals surface area contributed by atoms with Crippen LogP contribution in [0.3, 0.4) is 0 Å². The van der Waals surface area contributed by atoms with Crippen LogP contribution in [0.15, 0.2) is 28.9 Å². The van der Waals surface area contributed by atoms with Crippen LogP contribution in [-0.2, 0) is 19.4 Å². The average molecular weight is 271 g/mol. The quantitative estimate of drug-likeness (QED) is 0.928. The second kappa shape index (κ2) is 5.45. The Hall–Kier alpha value is -2.17. The number of carbonyl (C=O) groups is 1. The molecular weight excluding hydrogens is 254 g/mol. The van der Waals surface area contributed by atoms with Gasteiger partial charge in [0, 0.05) is 18.2 Å². The van der Waals surface area contributed by atoms with Crippen LogP contribution in [0.4, 0.5) is 0 Å². The van der Waals surface area contributed by atoms with Crippen molar-refractivity contribution in [2.45, 2.75) is 32.7 Å². The molecule has 104 valence electrons. The number of amides is 1. The maximum Gasteiger partial charge on any atom is 0.274 e. The molecule has 1 atom stereocenters. The molecule has 20 heavy (non-hydrogen) atoms. The van der Waals surface area contributed by atoms with E-state index in [0.717, 1.165) is 36.3 Å². The highest BCUT2D eigenvalue weighted by Crippen LogP contribution is 2.27. The second-order valence-electron chi connectivity index (χ2n) is 5.28. The Labute approximate surface area is 117 Å². The molecule has 2 aromatic heterocycles. The highest BCUT2D eigenvalue weighted by Gasteiger charge is 2.26. The van der Waals surface area contributed by atoms with Crippen molar-refractivity contribution in [3.05, 3.63) is 47.1 Å². The van der Waals surface area contributed by atoms with Gasteiger partial charge in [0.25, 0.3) is 5.91 Å². The van der Waals surface area contributed by atoms with Gasteiger partial charge in [0.2, 0.25) is 0 Å². The Morgan fingerprint density at radius 2 is 2.40 bits per heavy atom. The van der Waals surface area contributed by atoms with E-state index in [2.05, 4.69) is 22.4 Å². The van der Waals surface area contributed by atoms with E-state index in [1.165, 1.54) is 0 Å². The number of aromatic nitrogens is 2. The number of nitrogens with zero attached hydrogens (tertiary/aromatic N) is 2. The zero-order valence-electron chi connectivity index (χ0n) is 11.4. The van der Waals surface area contributed by atoms with E-state index in [1.807, 2.05) is 18.2 Å². The van der Waals surface area contributed by atoms with E-state index in [1.54, 1.807) is 6.20 Å². The third-order valence-electron chi connectivity index (χ3n) is 3.66. The third-order valence-corrected chi connectivity index (χ3v) is 3.66. The molecule has 0 fully saturated rings. The summed E-state index contributed by atoms with van der Waals surface area (Å²) in [5, 5.41) is 6.78. The normalized spacial score (nSPS) is 17.6. The van der Waals surface area contributed by atoms with E-state index >= 15 is 0 Å². The lowest BCUT2D eigenvalue weighted by Crippen LogP contribution is -2.25. The van der Waals surface area contributed by atoms with Gasteiger partial charge in [0.05, 0.1) is 12.2 Å². The summed E-state index contributed by atoms with van der Waals surface area (Å²) in [5.74, 6) is 1.25. The summed E-state index contributed by atoms with van der Waals surface area (Å²) in [7, 11) is 0. The summed E-state index contributed by atoms with van der Waals surface area (Å²) >= 11 is 0. The number of pyridine rings is 1. The first kappa shape index (κ1) is 12.8. The number of hydrogen-bond donors (Lipinski definition) is 1. The first-order chi connectivity index (χ1) is 9.74. The van der Waals surface area contributed by atoms with Crippen LogP contribution in [0.25, 0.3) is 0 Å². The van der Waals surface area contributed by atoms with Crippen molar-refractivity contribution >= 4 is 5.91 Å². The molecule has 0 aromatic carbocycles. The minimum atomic E-state index is -0.185. The predicted molar refractivity (Wildman–Crippen MR) is 73.1 cm³/mol. The van der Waals surface area contributed by atoms with E-state index in [0.29, 0.717) is 18.2 Å². The van der Waals surface area contributed by atoms with Crippen molar-refractivity contribution in [1.29, 1.82) is 0 Å². The van der Waals surface area contributed by atoms with Crippen LogP contribution < -0.4 is 5.32 Å². The van der Waals surface area contributed by atoms with E-state index < -0.39 is 0 Å². The van der Waals surface area contributed by atoms with Gasteiger partial charge >= 0.3 is 0 Å². The Morgan fingerprint density at radius 3 is 3.20 bits per heavy atom. The van der Waals surface area contributed by atoms with Gasteiger partial charge in [-0.1, -0.05) is 18.1 Å². The highest BCUT2D eigenvalue weighted by atomic mass is 16.5. The number of hydrogen-bond acceptors (Lipinski definition) is 4. The minimum Gasteiger partial charge on any atom is -0.360 e. The monoisotopic (exact) mass is 271 g/mol. The molecule has 0 spiro atoms. The molecule has 3 rings (SSSR count). The topological polar surface area (TPSA) is 68.0 Å². The fraction of sp³-hybridized carbons (Fsp3) is 0.400. The SMILES string of the molecule is CC1CCc2onc(C(=O)NCc3ccccn3)c2C1. The molecule has 0 bridgehead atoms. The first-order valence-corrected chi connectivity index (χ1v) is 6.89. The molecule has 1 unspecified atom stereocenters. The van der Waals surface area contributed by atoms with Crippen molar-refractivity contribution in [2.75, 3.05) is 0 Å². The van der Waals surface area contributed by atoms with Crippen LogP contribution in [0.1, 0.15) is 40.9 Å². The van der Waals surface area contributed by atoms with Gasteiger partial charge < -0.3 is 9.84 Å². The van der Waals surface area contributed by atoms with Crippen LogP contribution >= 0.6 is 0 Å². The van der Waals surface area contributed by atoms with Gasteiger partial charge in [0.15, 0.2) is 5.69 Å². The number of rotatable bonds is 3. The van der Waals surface area contributed by atoms with Crippen molar-refractivity contribution < 1.29 is 9.32 Å². The molecule has 1 aliphatic carbocycles. The van der Waals surface area contributed by atoms with Gasteiger partial charge in [-0.05, 0) is 30.9 Å². The molecule has 5 heteroatoms. The summed E-state index contributed by atoms with van der Waals surface area (Å²) in [6.45, 7) is 2.59. The average Bonchev–Trinajstić information content (AvgIpc) is 2.89. The number of aryl methyl sites for hydroxylation is 1. The summed E-state index contributed by atoms with van der Waals surface area (Å²) in [5.41, 5.74) is 2.23. The minimum absolute atomic E-state index is 0.185. The van der Waals surface area contributed by atoms with Crippen LogP contribution in [0.2, 0.25) is 0 Å². The van der Waals surface area contributed by atoms with Gasteiger partial charge in [-0.3, -0.25) is 9.78 Å². The standard InChI is InChI=1S/C15H17N3O2/c1-10-5-6-13-12(8-10)14(18-20-13)15(19)17-9-11-4-2-3-7-16-11/h2-4,7,10H,5-6,8-9H2,1H3,(H,17,19). The number of carbonyl (C=O) groups excluding carboxylic acids is 1. The molecular formula is C15H17N3O2. The summed E-state index contributed by atoms with van der Waals surface area (Å²) < 4.78 is 5.28. The molecule has 0 saturated heterocycles. The smallest absolute Gasteiger partial charge is 0.274 e. The van der Waals surface area contributed by atoms with Crippen molar-refractivity contribution in [3.8, 4) is 0 Å². The highest BCUT2D eigenvalue weighted by molar-refractivity contribution is 5.93. The third kappa shape index (κ3) is 2.57. The number of fused-ring (bicyclic) bond motifs is 1. The Balaban J connectivity index is 1.70. The fourth-order valence-corrected chi connectivity index (χ4v) is 2.51. The Kier molecular flexibility index (Phi) is 3.50. The summed E-state index contributed by atoms with van der Waals surface area (Å²) in [4.78, 5) is 16.4. The second-order valence-corrected chi connectivity index (χ2v) is 5.28. The summed E-state index contributed by atoms with van der Waals surface area (Å²) in [6.07, 6.45) is 4.54. The predicted octanol–water partition coefficient (Wildman–Crippen LogP) is 2.12. The lowest BCUT2D eigenvalue weighted by molar-refractivity contribution is 0.0940. The van der Waals surface area contributed by atoms with Gasteiger partial charge in [-0.15, -0.1) is 0 Å². The van der Waals surface area contributed by atoms with Gasteiger partial charge in [-0.2, -0.15) is 0 Å². The van der Waals surface area contributed by atoms with E-state index in [-0.39, 0.29) is 5.91 Å². The molecule has 0 radical (unpaired) electrons. The lowest BCUT2D eigenvalue weighted by Gasteiger charge is -2.16. The Bertz CT molecular complexity index is 607. The molecule has 2 aromatic rings. The maximum absolute atomic E-state index is 12.2. The van der Waals surface area contributed by atoms with Crippen LogP contribution in [-0.4, -0.2) is 16.0 Å². The van der Waals surface area contributed by atoms with Gasteiger partial charge in [-0.25, -0.2) is 0 Å². The van der Waals surface area contributed by atoms with Crippen molar-refractivity contribution in [1.82, 2.24) is 15.5 Å².